The van der Waals surface area contributed by atoms with Crippen molar-refractivity contribution < 1.29 is 14.3 Å². The van der Waals surface area contributed by atoms with E-state index in [9.17, 15) is 9.59 Å². The van der Waals surface area contributed by atoms with Crippen LogP contribution in [0.15, 0.2) is 65.6 Å². The number of amides is 1. The van der Waals surface area contributed by atoms with Crippen LogP contribution >= 0.6 is 0 Å². The number of carbonyl (C=O) groups is 1. The lowest BCUT2D eigenvalue weighted by atomic mass is 9.99. The molecule has 4 rings (SSSR count). The highest BCUT2D eigenvalue weighted by molar-refractivity contribution is 5.99. The highest BCUT2D eigenvalue weighted by Crippen LogP contribution is 2.43. The topological polar surface area (TPSA) is 95.6 Å². The summed E-state index contributed by atoms with van der Waals surface area (Å²) in [5.74, 6) is 0.802. The molecule has 3 aromatic rings. The molecule has 1 aliphatic heterocycles. The van der Waals surface area contributed by atoms with E-state index in [1.807, 2.05) is 36.4 Å². The van der Waals surface area contributed by atoms with E-state index < -0.39 is 0 Å². The monoisotopic (exact) mass is 433 g/mol. The summed E-state index contributed by atoms with van der Waals surface area (Å²) in [7, 11) is 1.69. The minimum absolute atomic E-state index is 0.0993. The van der Waals surface area contributed by atoms with Gasteiger partial charge in [-0.05, 0) is 49.6 Å². The molecular formula is C25H27N3O4. The summed E-state index contributed by atoms with van der Waals surface area (Å²) >= 11 is 0. The number of hydrogen-bond acceptors (Lipinski definition) is 5. The van der Waals surface area contributed by atoms with E-state index in [0.717, 1.165) is 24.0 Å². The van der Waals surface area contributed by atoms with Crippen molar-refractivity contribution >= 4 is 17.3 Å². The Hall–Kier alpha value is -3.58. The van der Waals surface area contributed by atoms with Gasteiger partial charge in [0.2, 0.25) is 11.5 Å². The Balaban J connectivity index is 1.77. The molecule has 1 unspecified atom stereocenters. The lowest BCUT2D eigenvalue weighted by Crippen LogP contribution is -2.24. The molecule has 0 radical (unpaired) electrons. The second-order valence-corrected chi connectivity index (χ2v) is 7.92. The number of nitrogens with zero attached hydrogens (tertiary/aromatic N) is 1. The lowest BCUT2D eigenvalue weighted by Gasteiger charge is -2.20. The van der Waals surface area contributed by atoms with Crippen molar-refractivity contribution in [3.8, 4) is 22.6 Å². The number of nitrogens with two attached hydrogens (primary N) is 1. The van der Waals surface area contributed by atoms with Crippen LogP contribution in [-0.2, 0) is 16.6 Å². The number of para-hydroxylation sites is 1. The zero-order chi connectivity index (χ0) is 22.5. The Kier molecular flexibility index (Phi) is 6.56. The number of nitrogens with one attached hydrogen (secondary N) is 1. The number of aryl methyl sites for hydroxylation is 1. The molecule has 0 aliphatic carbocycles. The quantitative estimate of drug-likeness (QED) is 0.589. The number of aromatic nitrogens is 1. The second kappa shape index (κ2) is 9.70. The third-order valence-corrected chi connectivity index (χ3v) is 5.62. The summed E-state index contributed by atoms with van der Waals surface area (Å²) in [6.07, 6.45) is 4.02. The van der Waals surface area contributed by atoms with Crippen LogP contribution in [0.3, 0.4) is 0 Å². The first-order valence-electron chi connectivity index (χ1n) is 10.7. The lowest BCUT2D eigenvalue weighted by molar-refractivity contribution is -0.120. The molecule has 7 heteroatoms. The predicted octanol–water partition coefficient (Wildman–Crippen LogP) is 4.18. The molecule has 2 aromatic carbocycles. The third-order valence-electron chi connectivity index (χ3n) is 5.62. The molecule has 1 aromatic heterocycles. The Morgan fingerprint density at radius 3 is 2.69 bits per heavy atom. The summed E-state index contributed by atoms with van der Waals surface area (Å²) in [6.45, 7) is 1.25. The summed E-state index contributed by atoms with van der Waals surface area (Å²) in [5.41, 5.74) is 8.52. The van der Waals surface area contributed by atoms with Gasteiger partial charge in [0.05, 0.1) is 5.69 Å². The number of nitrogen functional groups attached to an aromatic ring is 1. The molecular weight excluding hydrogens is 406 g/mol. The normalized spacial score (nSPS) is 16.2. The molecule has 1 aliphatic rings. The SMILES string of the molecule is Cn1cc(-c2ccc(N)c(NC(=O)C3CCCOCC3)c2Oc2ccccc2)ccc1=O. The number of anilines is 2. The molecule has 0 bridgehead atoms. The molecule has 1 fully saturated rings. The largest absolute Gasteiger partial charge is 0.454 e. The van der Waals surface area contributed by atoms with Gasteiger partial charge in [-0.2, -0.15) is 0 Å². The Morgan fingerprint density at radius 1 is 1.09 bits per heavy atom. The van der Waals surface area contributed by atoms with Crippen molar-refractivity contribution in [3.05, 3.63) is 71.1 Å². The van der Waals surface area contributed by atoms with Crippen molar-refractivity contribution in [1.29, 1.82) is 0 Å². The standard InChI is InChI=1S/C25H27N3O4/c1-28-16-18(9-12-22(28)29)20-10-11-21(26)23(24(20)32-19-7-3-2-4-8-19)27-25(30)17-6-5-14-31-15-13-17/h2-4,7-12,16-17H,5-6,13-15,26H2,1H3,(H,27,30). The van der Waals surface area contributed by atoms with Gasteiger partial charge in [-0.3, -0.25) is 9.59 Å². The maximum Gasteiger partial charge on any atom is 0.250 e. The van der Waals surface area contributed by atoms with E-state index in [4.69, 9.17) is 15.2 Å². The van der Waals surface area contributed by atoms with Crippen LogP contribution < -0.4 is 21.3 Å². The number of pyridine rings is 1. The fourth-order valence-electron chi connectivity index (χ4n) is 3.81. The van der Waals surface area contributed by atoms with Gasteiger partial charge in [-0.1, -0.05) is 18.2 Å². The van der Waals surface area contributed by atoms with Crippen LogP contribution in [0.25, 0.3) is 11.1 Å². The highest BCUT2D eigenvalue weighted by Gasteiger charge is 2.24. The van der Waals surface area contributed by atoms with Crippen molar-refractivity contribution in [1.82, 2.24) is 4.57 Å². The smallest absolute Gasteiger partial charge is 0.250 e. The van der Waals surface area contributed by atoms with Gasteiger partial charge >= 0.3 is 0 Å². The average molecular weight is 434 g/mol. The first kappa shape index (κ1) is 21.6. The molecule has 7 nitrogen and oxygen atoms in total. The van der Waals surface area contributed by atoms with Crippen LogP contribution in [0, 0.1) is 5.92 Å². The second-order valence-electron chi connectivity index (χ2n) is 7.92. The van der Waals surface area contributed by atoms with Crippen LogP contribution in [0.4, 0.5) is 11.4 Å². The number of ether oxygens (including phenoxy) is 2. The van der Waals surface area contributed by atoms with E-state index >= 15 is 0 Å². The zero-order valence-corrected chi connectivity index (χ0v) is 18.0. The summed E-state index contributed by atoms with van der Waals surface area (Å²) in [6, 6.07) is 16.1. The van der Waals surface area contributed by atoms with Crippen molar-refractivity contribution in [2.45, 2.75) is 19.3 Å². The predicted molar refractivity (Wildman–Crippen MR) is 125 cm³/mol. The van der Waals surface area contributed by atoms with E-state index in [1.165, 1.54) is 10.6 Å². The third kappa shape index (κ3) is 4.84. The summed E-state index contributed by atoms with van der Waals surface area (Å²) < 4.78 is 13.2. The van der Waals surface area contributed by atoms with Crippen LogP contribution in [0.2, 0.25) is 0 Å². The maximum atomic E-state index is 13.1. The number of rotatable bonds is 5. The first-order chi connectivity index (χ1) is 15.5. The van der Waals surface area contributed by atoms with E-state index in [-0.39, 0.29) is 17.4 Å². The Morgan fingerprint density at radius 2 is 1.91 bits per heavy atom. The van der Waals surface area contributed by atoms with Crippen molar-refractivity contribution in [3.63, 3.8) is 0 Å². The van der Waals surface area contributed by atoms with Crippen LogP contribution in [0.1, 0.15) is 19.3 Å². The summed E-state index contributed by atoms with van der Waals surface area (Å²) in [5, 5.41) is 3.02. The minimum atomic E-state index is -0.150. The molecule has 1 amide bonds. The molecule has 3 N–H and O–H groups in total. The molecule has 166 valence electrons. The van der Waals surface area contributed by atoms with Gasteiger partial charge in [-0.15, -0.1) is 0 Å². The van der Waals surface area contributed by atoms with Gasteiger partial charge in [0.1, 0.15) is 11.4 Å². The Bertz CT molecular complexity index is 1150. The molecule has 1 saturated heterocycles. The number of carbonyl (C=O) groups excluding carboxylic acids is 1. The Labute approximate surface area is 186 Å². The van der Waals surface area contributed by atoms with Crippen LogP contribution in [-0.4, -0.2) is 23.7 Å². The molecule has 2 heterocycles. The minimum Gasteiger partial charge on any atom is -0.454 e. The molecule has 0 spiro atoms. The zero-order valence-electron chi connectivity index (χ0n) is 18.0. The van der Waals surface area contributed by atoms with Crippen molar-refractivity contribution in [2.24, 2.45) is 13.0 Å². The first-order valence-corrected chi connectivity index (χ1v) is 10.7. The fourth-order valence-corrected chi connectivity index (χ4v) is 3.81. The van der Waals surface area contributed by atoms with Crippen molar-refractivity contribution in [2.75, 3.05) is 24.3 Å². The molecule has 0 saturated carbocycles. The van der Waals surface area contributed by atoms with E-state index in [0.29, 0.717) is 42.5 Å². The molecule has 1 atom stereocenters. The van der Waals surface area contributed by atoms with Gasteiger partial charge in [0.15, 0.2) is 5.75 Å². The van der Waals surface area contributed by atoms with Gasteiger partial charge in [0.25, 0.3) is 0 Å². The number of benzene rings is 2. The van der Waals surface area contributed by atoms with Crippen LogP contribution in [0.5, 0.6) is 11.5 Å². The highest BCUT2D eigenvalue weighted by atomic mass is 16.5. The van der Waals surface area contributed by atoms with Gasteiger partial charge in [0, 0.05) is 49.6 Å². The summed E-state index contributed by atoms with van der Waals surface area (Å²) in [4.78, 5) is 25.0. The van der Waals surface area contributed by atoms with E-state index in [2.05, 4.69) is 5.32 Å². The van der Waals surface area contributed by atoms with Gasteiger partial charge < -0.3 is 25.1 Å². The van der Waals surface area contributed by atoms with E-state index in [1.54, 1.807) is 25.4 Å². The fraction of sp³-hybridized carbons (Fsp3) is 0.280. The number of hydrogen-bond donors (Lipinski definition) is 2. The maximum absolute atomic E-state index is 13.1. The molecule has 32 heavy (non-hydrogen) atoms. The average Bonchev–Trinajstić information content (AvgIpc) is 3.09. The van der Waals surface area contributed by atoms with Gasteiger partial charge in [-0.25, -0.2) is 0 Å².